The van der Waals surface area contributed by atoms with E-state index in [9.17, 15) is 13.6 Å². The maximum atomic E-state index is 13.2. The third kappa shape index (κ3) is 2.04. The fourth-order valence-corrected chi connectivity index (χ4v) is 1.53. The van der Waals surface area contributed by atoms with Crippen LogP contribution >= 0.6 is 0 Å². The third-order valence-electron chi connectivity index (χ3n) is 2.63. The molecule has 0 atom stereocenters. The summed E-state index contributed by atoms with van der Waals surface area (Å²) < 4.78 is 26.0. The zero-order valence-electron chi connectivity index (χ0n) is 8.09. The van der Waals surface area contributed by atoms with E-state index in [4.69, 9.17) is 0 Å². The Balaban J connectivity index is 2.09. The van der Waals surface area contributed by atoms with Crippen molar-refractivity contribution in [3.63, 3.8) is 0 Å². The van der Waals surface area contributed by atoms with E-state index < -0.39 is 11.6 Å². The summed E-state index contributed by atoms with van der Waals surface area (Å²) in [5.74, 6) is -1.86. The van der Waals surface area contributed by atoms with Crippen molar-refractivity contribution in [1.29, 1.82) is 0 Å². The van der Waals surface area contributed by atoms with Crippen LogP contribution in [0.2, 0.25) is 0 Å². The Labute approximate surface area is 86.3 Å². The molecule has 0 spiro atoms. The molecule has 1 heterocycles. The Kier molecular flexibility index (Phi) is 2.77. The van der Waals surface area contributed by atoms with E-state index in [1.807, 2.05) is 0 Å². The number of benzene rings is 1. The number of Topliss-reactive ketones (excluding diaryl/α,β-unsaturated/α-hetero) is 1. The molecule has 80 valence electrons. The number of hydrogen-bond acceptors (Lipinski definition) is 2. The molecule has 0 aromatic heterocycles. The van der Waals surface area contributed by atoms with E-state index in [1.165, 1.54) is 12.1 Å². The van der Waals surface area contributed by atoms with Gasteiger partial charge in [-0.25, -0.2) is 8.78 Å². The maximum absolute atomic E-state index is 13.2. The van der Waals surface area contributed by atoms with Crippen molar-refractivity contribution in [1.82, 2.24) is 5.32 Å². The first-order chi connectivity index (χ1) is 7.18. The molecule has 0 radical (unpaired) electrons. The Hall–Kier alpha value is -1.29. The van der Waals surface area contributed by atoms with Gasteiger partial charge in [-0.3, -0.25) is 4.79 Å². The molecule has 1 N–H and O–H groups in total. The van der Waals surface area contributed by atoms with Gasteiger partial charge in [-0.15, -0.1) is 0 Å². The van der Waals surface area contributed by atoms with Crippen LogP contribution in [-0.4, -0.2) is 18.9 Å². The smallest absolute Gasteiger partial charge is 0.162 e. The summed E-state index contributed by atoms with van der Waals surface area (Å²) in [4.78, 5) is 11.5. The first kappa shape index (κ1) is 10.2. The number of hydrogen-bond donors (Lipinski definition) is 1. The minimum Gasteiger partial charge on any atom is -0.315 e. The van der Waals surface area contributed by atoms with E-state index in [0.29, 0.717) is 13.1 Å². The molecule has 1 fully saturated rings. The quantitative estimate of drug-likeness (QED) is 0.816. The molecule has 1 saturated heterocycles. The molecular formula is C11H11F2NO. The van der Waals surface area contributed by atoms with Gasteiger partial charge in [-0.05, 0) is 11.6 Å². The lowest BCUT2D eigenvalue weighted by Gasteiger charge is -2.25. The van der Waals surface area contributed by atoms with Crippen LogP contribution in [0.25, 0.3) is 0 Å². The SMILES string of the molecule is O=C(Cc1cccc(F)c1F)C1CNC1. The van der Waals surface area contributed by atoms with E-state index in [1.54, 1.807) is 0 Å². The summed E-state index contributed by atoms with van der Waals surface area (Å²) in [6, 6.07) is 3.91. The van der Waals surface area contributed by atoms with Gasteiger partial charge in [-0.2, -0.15) is 0 Å². The van der Waals surface area contributed by atoms with Crippen molar-refractivity contribution >= 4 is 5.78 Å². The zero-order valence-corrected chi connectivity index (χ0v) is 8.09. The molecule has 0 aliphatic carbocycles. The molecule has 4 heteroatoms. The largest absolute Gasteiger partial charge is 0.315 e. The fraction of sp³-hybridized carbons (Fsp3) is 0.364. The fourth-order valence-electron chi connectivity index (χ4n) is 1.53. The number of ketones is 1. The number of rotatable bonds is 3. The van der Waals surface area contributed by atoms with Crippen molar-refractivity contribution in [2.45, 2.75) is 6.42 Å². The molecule has 1 aromatic rings. The summed E-state index contributed by atoms with van der Waals surface area (Å²) in [5, 5.41) is 2.97. The highest BCUT2D eigenvalue weighted by Crippen LogP contribution is 2.15. The van der Waals surface area contributed by atoms with E-state index in [0.717, 1.165) is 6.07 Å². The van der Waals surface area contributed by atoms with Gasteiger partial charge in [0.1, 0.15) is 5.78 Å². The number of carbonyl (C=O) groups excluding carboxylic acids is 1. The number of nitrogens with one attached hydrogen (secondary N) is 1. The molecule has 2 nitrogen and oxygen atoms in total. The highest BCUT2D eigenvalue weighted by atomic mass is 19.2. The zero-order chi connectivity index (χ0) is 10.8. The van der Waals surface area contributed by atoms with Crippen LogP contribution in [0.5, 0.6) is 0 Å². The summed E-state index contributed by atoms with van der Waals surface area (Å²) in [5.41, 5.74) is 0.145. The second-order valence-corrected chi connectivity index (χ2v) is 3.71. The predicted molar refractivity (Wildman–Crippen MR) is 51.4 cm³/mol. The molecule has 1 aromatic carbocycles. The van der Waals surface area contributed by atoms with Crippen LogP contribution in [0.4, 0.5) is 8.78 Å². The lowest BCUT2D eigenvalue weighted by atomic mass is 9.93. The molecule has 15 heavy (non-hydrogen) atoms. The van der Waals surface area contributed by atoms with E-state index >= 15 is 0 Å². The minimum absolute atomic E-state index is 0.0179. The van der Waals surface area contributed by atoms with Crippen molar-refractivity contribution < 1.29 is 13.6 Å². The van der Waals surface area contributed by atoms with Gasteiger partial charge in [0.05, 0.1) is 0 Å². The van der Waals surface area contributed by atoms with Gasteiger partial charge in [0, 0.05) is 25.4 Å². The van der Waals surface area contributed by atoms with E-state index in [-0.39, 0.29) is 23.7 Å². The molecule has 1 aliphatic heterocycles. The molecule has 2 rings (SSSR count). The Bertz CT molecular complexity index is 388. The highest BCUT2D eigenvalue weighted by molar-refractivity contribution is 5.84. The van der Waals surface area contributed by atoms with Crippen molar-refractivity contribution in [3.05, 3.63) is 35.4 Å². The normalized spacial score (nSPS) is 16.1. The Morgan fingerprint density at radius 3 is 2.73 bits per heavy atom. The van der Waals surface area contributed by atoms with Crippen LogP contribution in [0, 0.1) is 17.6 Å². The van der Waals surface area contributed by atoms with Crippen molar-refractivity contribution in [2.75, 3.05) is 13.1 Å². The van der Waals surface area contributed by atoms with Gasteiger partial charge < -0.3 is 5.32 Å². The average molecular weight is 211 g/mol. The van der Waals surface area contributed by atoms with Crippen molar-refractivity contribution in [2.24, 2.45) is 5.92 Å². The molecule has 0 saturated carbocycles. The molecule has 0 amide bonds. The molecule has 0 unspecified atom stereocenters. The first-order valence-electron chi connectivity index (χ1n) is 4.85. The summed E-state index contributed by atoms with van der Waals surface area (Å²) in [6.45, 7) is 1.30. The van der Waals surface area contributed by atoms with E-state index in [2.05, 4.69) is 5.32 Å². The van der Waals surface area contributed by atoms with Crippen molar-refractivity contribution in [3.8, 4) is 0 Å². The lowest BCUT2D eigenvalue weighted by molar-refractivity contribution is -0.123. The number of halogens is 2. The summed E-state index contributed by atoms with van der Waals surface area (Å²) in [7, 11) is 0. The van der Waals surface area contributed by atoms with Crippen LogP contribution in [0.15, 0.2) is 18.2 Å². The molecule has 0 bridgehead atoms. The van der Waals surface area contributed by atoms with Crippen LogP contribution < -0.4 is 5.32 Å². The minimum atomic E-state index is -0.905. The summed E-state index contributed by atoms with van der Waals surface area (Å²) >= 11 is 0. The Morgan fingerprint density at radius 1 is 1.40 bits per heavy atom. The van der Waals surface area contributed by atoms with Crippen LogP contribution in [0.1, 0.15) is 5.56 Å². The van der Waals surface area contributed by atoms with Gasteiger partial charge in [0.2, 0.25) is 0 Å². The number of carbonyl (C=O) groups is 1. The average Bonchev–Trinajstić information content (AvgIpc) is 2.10. The van der Waals surface area contributed by atoms with Gasteiger partial charge in [0.25, 0.3) is 0 Å². The van der Waals surface area contributed by atoms with Gasteiger partial charge in [0.15, 0.2) is 11.6 Å². The highest BCUT2D eigenvalue weighted by Gasteiger charge is 2.25. The third-order valence-corrected chi connectivity index (χ3v) is 2.63. The topological polar surface area (TPSA) is 29.1 Å². The second-order valence-electron chi connectivity index (χ2n) is 3.71. The lowest BCUT2D eigenvalue weighted by Crippen LogP contribution is -2.47. The van der Waals surface area contributed by atoms with Gasteiger partial charge >= 0.3 is 0 Å². The van der Waals surface area contributed by atoms with Crippen LogP contribution in [0.3, 0.4) is 0 Å². The van der Waals surface area contributed by atoms with Crippen LogP contribution in [-0.2, 0) is 11.2 Å². The maximum Gasteiger partial charge on any atom is 0.162 e. The monoisotopic (exact) mass is 211 g/mol. The predicted octanol–water partition coefficient (Wildman–Crippen LogP) is 1.30. The summed E-state index contributed by atoms with van der Waals surface area (Å²) in [6.07, 6.45) is -0.0179. The Morgan fingerprint density at radius 2 is 2.13 bits per heavy atom. The standard InChI is InChI=1S/C11H11F2NO/c12-9-3-1-2-7(11(9)13)4-10(15)8-5-14-6-8/h1-3,8,14H,4-6H2. The second kappa shape index (κ2) is 4.06. The first-order valence-corrected chi connectivity index (χ1v) is 4.85. The van der Waals surface area contributed by atoms with Gasteiger partial charge in [-0.1, -0.05) is 12.1 Å². The molecule has 1 aliphatic rings. The molecular weight excluding hydrogens is 200 g/mol.